The SMILES string of the molecule is CCCC1(O)CN(C(=O)C2(c3ccccc3)CCC2)C1. The molecule has 20 heavy (non-hydrogen) atoms. The van der Waals surface area contributed by atoms with E-state index in [1.54, 1.807) is 0 Å². The van der Waals surface area contributed by atoms with Crippen molar-refractivity contribution in [3.8, 4) is 0 Å². The second-order valence-electron chi connectivity index (χ2n) is 6.44. The summed E-state index contributed by atoms with van der Waals surface area (Å²) in [6.07, 6.45) is 4.75. The first kappa shape index (κ1) is 13.6. The summed E-state index contributed by atoms with van der Waals surface area (Å²) in [6, 6.07) is 10.1. The number of β-amino-alcohol motifs (C(OH)–C–C–N with tert-alkyl or cyclic N) is 1. The van der Waals surface area contributed by atoms with Crippen LogP contribution in [0.25, 0.3) is 0 Å². The number of likely N-dealkylation sites (tertiary alicyclic amines) is 1. The van der Waals surface area contributed by atoms with Gasteiger partial charge in [0.15, 0.2) is 0 Å². The summed E-state index contributed by atoms with van der Waals surface area (Å²) in [6.45, 7) is 3.09. The Morgan fingerprint density at radius 2 is 1.90 bits per heavy atom. The maximum atomic E-state index is 12.8. The predicted octanol–water partition coefficient (Wildman–Crippen LogP) is 2.48. The van der Waals surface area contributed by atoms with Crippen molar-refractivity contribution >= 4 is 5.91 Å². The van der Waals surface area contributed by atoms with Gasteiger partial charge < -0.3 is 10.0 Å². The summed E-state index contributed by atoms with van der Waals surface area (Å²) in [5.41, 5.74) is 0.197. The van der Waals surface area contributed by atoms with E-state index in [1.807, 2.05) is 23.1 Å². The molecule has 2 aliphatic rings. The van der Waals surface area contributed by atoms with Gasteiger partial charge in [-0.15, -0.1) is 0 Å². The second kappa shape index (κ2) is 4.88. The van der Waals surface area contributed by atoms with Crippen molar-refractivity contribution in [3.05, 3.63) is 35.9 Å². The molecule has 1 amide bonds. The molecule has 1 aromatic carbocycles. The van der Waals surface area contributed by atoms with Crippen LogP contribution in [0.2, 0.25) is 0 Å². The molecule has 3 rings (SSSR count). The number of hydrogen-bond acceptors (Lipinski definition) is 2. The number of rotatable bonds is 4. The minimum absolute atomic E-state index is 0.218. The Morgan fingerprint density at radius 1 is 1.25 bits per heavy atom. The third-order valence-corrected chi connectivity index (χ3v) is 4.92. The molecule has 1 aromatic rings. The van der Waals surface area contributed by atoms with Gasteiger partial charge in [0.1, 0.15) is 0 Å². The molecule has 1 saturated carbocycles. The van der Waals surface area contributed by atoms with Crippen molar-refractivity contribution in [3.63, 3.8) is 0 Å². The van der Waals surface area contributed by atoms with Gasteiger partial charge in [0.05, 0.1) is 24.1 Å². The van der Waals surface area contributed by atoms with Gasteiger partial charge in [-0.25, -0.2) is 0 Å². The van der Waals surface area contributed by atoms with E-state index in [2.05, 4.69) is 19.1 Å². The minimum Gasteiger partial charge on any atom is -0.386 e. The van der Waals surface area contributed by atoms with Gasteiger partial charge in [-0.3, -0.25) is 4.79 Å². The van der Waals surface area contributed by atoms with Crippen LogP contribution in [0.15, 0.2) is 30.3 Å². The largest absolute Gasteiger partial charge is 0.386 e. The fourth-order valence-corrected chi connectivity index (χ4v) is 3.65. The molecular weight excluding hydrogens is 250 g/mol. The number of nitrogens with zero attached hydrogens (tertiary/aromatic N) is 1. The zero-order valence-electron chi connectivity index (χ0n) is 12.1. The minimum atomic E-state index is -0.633. The summed E-state index contributed by atoms with van der Waals surface area (Å²) in [5.74, 6) is 0.218. The van der Waals surface area contributed by atoms with E-state index in [4.69, 9.17) is 0 Å². The standard InChI is InChI=1S/C17H23NO2/c1-2-9-16(20)12-18(13-16)15(19)17(10-6-11-17)14-7-4-3-5-8-14/h3-5,7-8,20H,2,6,9-13H2,1H3. The third kappa shape index (κ3) is 2.05. The zero-order valence-corrected chi connectivity index (χ0v) is 12.1. The molecule has 0 unspecified atom stereocenters. The number of aliphatic hydroxyl groups is 1. The summed E-state index contributed by atoms with van der Waals surface area (Å²) >= 11 is 0. The fourth-order valence-electron chi connectivity index (χ4n) is 3.65. The molecule has 2 fully saturated rings. The molecular formula is C17H23NO2. The van der Waals surface area contributed by atoms with Crippen LogP contribution >= 0.6 is 0 Å². The van der Waals surface area contributed by atoms with Gasteiger partial charge in [0.25, 0.3) is 0 Å². The van der Waals surface area contributed by atoms with Crippen molar-refractivity contribution < 1.29 is 9.90 Å². The Kier molecular flexibility index (Phi) is 3.33. The lowest BCUT2D eigenvalue weighted by Crippen LogP contribution is -2.67. The molecule has 0 radical (unpaired) electrons. The van der Waals surface area contributed by atoms with Gasteiger partial charge in [-0.2, -0.15) is 0 Å². The van der Waals surface area contributed by atoms with Crippen LogP contribution in [0, 0.1) is 0 Å². The van der Waals surface area contributed by atoms with E-state index in [9.17, 15) is 9.90 Å². The lowest BCUT2D eigenvalue weighted by molar-refractivity contribution is -0.165. The van der Waals surface area contributed by atoms with E-state index in [0.717, 1.165) is 37.7 Å². The van der Waals surface area contributed by atoms with Gasteiger partial charge in [0.2, 0.25) is 5.91 Å². The van der Waals surface area contributed by atoms with Crippen LogP contribution < -0.4 is 0 Å². The first-order chi connectivity index (χ1) is 9.60. The topological polar surface area (TPSA) is 40.5 Å². The van der Waals surface area contributed by atoms with Gasteiger partial charge >= 0.3 is 0 Å². The first-order valence-electron chi connectivity index (χ1n) is 7.67. The highest BCUT2D eigenvalue weighted by atomic mass is 16.3. The van der Waals surface area contributed by atoms with E-state index in [0.29, 0.717) is 13.1 Å². The van der Waals surface area contributed by atoms with Crippen LogP contribution in [0.1, 0.15) is 44.6 Å². The van der Waals surface area contributed by atoms with Crippen LogP contribution in [-0.4, -0.2) is 34.6 Å². The Labute approximate surface area is 120 Å². The van der Waals surface area contributed by atoms with E-state index < -0.39 is 5.60 Å². The smallest absolute Gasteiger partial charge is 0.233 e. The van der Waals surface area contributed by atoms with E-state index in [1.165, 1.54) is 0 Å². The number of carbonyl (C=O) groups excluding carboxylic acids is 1. The molecule has 0 bridgehead atoms. The molecule has 1 saturated heterocycles. The van der Waals surface area contributed by atoms with Crippen LogP contribution in [-0.2, 0) is 10.2 Å². The lowest BCUT2D eigenvalue weighted by Gasteiger charge is -2.52. The molecule has 0 atom stereocenters. The molecule has 1 aliphatic heterocycles. The Morgan fingerprint density at radius 3 is 2.40 bits per heavy atom. The normalized spacial score (nSPS) is 22.8. The van der Waals surface area contributed by atoms with Crippen molar-refractivity contribution in [1.82, 2.24) is 4.90 Å². The summed E-state index contributed by atoms with van der Waals surface area (Å²) < 4.78 is 0. The average molecular weight is 273 g/mol. The second-order valence-corrected chi connectivity index (χ2v) is 6.44. The van der Waals surface area contributed by atoms with Crippen molar-refractivity contribution in [1.29, 1.82) is 0 Å². The third-order valence-electron chi connectivity index (χ3n) is 4.92. The van der Waals surface area contributed by atoms with Crippen molar-refractivity contribution in [2.45, 2.75) is 50.0 Å². The monoisotopic (exact) mass is 273 g/mol. The summed E-state index contributed by atoms with van der Waals surface area (Å²) in [7, 11) is 0. The summed E-state index contributed by atoms with van der Waals surface area (Å²) in [5, 5.41) is 10.3. The van der Waals surface area contributed by atoms with Crippen LogP contribution in [0.4, 0.5) is 0 Å². The summed E-state index contributed by atoms with van der Waals surface area (Å²) in [4.78, 5) is 14.7. The molecule has 1 N–H and O–H groups in total. The number of carbonyl (C=O) groups is 1. The Bertz CT molecular complexity index is 487. The molecule has 0 aromatic heterocycles. The predicted molar refractivity (Wildman–Crippen MR) is 78.4 cm³/mol. The number of benzene rings is 1. The van der Waals surface area contributed by atoms with Gasteiger partial charge in [0, 0.05) is 0 Å². The highest BCUT2D eigenvalue weighted by molar-refractivity contribution is 5.90. The molecule has 3 nitrogen and oxygen atoms in total. The van der Waals surface area contributed by atoms with Crippen LogP contribution in [0.5, 0.6) is 0 Å². The van der Waals surface area contributed by atoms with Crippen molar-refractivity contribution in [2.24, 2.45) is 0 Å². The van der Waals surface area contributed by atoms with Gasteiger partial charge in [-0.1, -0.05) is 50.1 Å². The molecule has 0 spiro atoms. The lowest BCUT2D eigenvalue weighted by atomic mass is 9.63. The average Bonchev–Trinajstić information content (AvgIpc) is 2.36. The van der Waals surface area contributed by atoms with Gasteiger partial charge in [-0.05, 0) is 24.8 Å². The molecule has 1 aliphatic carbocycles. The van der Waals surface area contributed by atoms with Crippen molar-refractivity contribution in [2.75, 3.05) is 13.1 Å². The molecule has 108 valence electrons. The Balaban J connectivity index is 1.74. The Hall–Kier alpha value is -1.35. The highest BCUT2D eigenvalue weighted by Gasteiger charge is 2.52. The number of amides is 1. The fraction of sp³-hybridized carbons (Fsp3) is 0.588. The quantitative estimate of drug-likeness (QED) is 0.915. The first-order valence-corrected chi connectivity index (χ1v) is 7.67. The van der Waals surface area contributed by atoms with E-state index >= 15 is 0 Å². The zero-order chi connectivity index (χ0) is 14.2. The van der Waals surface area contributed by atoms with Crippen LogP contribution in [0.3, 0.4) is 0 Å². The highest BCUT2D eigenvalue weighted by Crippen LogP contribution is 2.46. The maximum Gasteiger partial charge on any atom is 0.233 e. The molecule has 1 heterocycles. The van der Waals surface area contributed by atoms with E-state index in [-0.39, 0.29) is 11.3 Å². The maximum absolute atomic E-state index is 12.8. The number of hydrogen-bond donors (Lipinski definition) is 1. The molecule has 3 heteroatoms.